The van der Waals surface area contributed by atoms with Gasteiger partial charge >= 0.3 is 0 Å². The summed E-state index contributed by atoms with van der Waals surface area (Å²) in [4.78, 5) is 18.0. The molecule has 0 N–H and O–H groups in total. The fourth-order valence-electron chi connectivity index (χ4n) is 3.44. The Morgan fingerprint density at radius 2 is 2.23 bits per heavy atom. The highest BCUT2D eigenvalue weighted by molar-refractivity contribution is 5.92. The number of ether oxygens (including phenoxy) is 1. The number of hydrogen-bond donors (Lipinski definition) is 0. The van der Waals surface area contributed by atoms with Crippen LogP contribution in [0, 0.1) is 17.1 Å². The minimum atomic E-state index is -0.610. The number of nitrogens with zero attached hydrogens (tertiary/aromatic N) is 3. The normalized spacial score (nSPS) is 28.4. The van der Waals surface area contributed by atoms with Crippen LogP contribution in [-0.4, -0.2) is 40.6 Å². The first-order valence-electron chi connectivity index (χ1n) is 7.62. The summed E-state index contributed by atoms with van der Waals surface area (Å²) in [6.07, 6.45) is 5.41. The maximum Gasteiger partial charge on any atom is 0.273 e. The lowest BCUT2D eigenvalue weighted by Crippen LogP contribution is -2.60. The average molecular weight is 303 g/mol. The van der Waals surface area contributed by atoms with Crippen molar-refractivity contribution < 1.29 is 13.9 Å². The van der Waals surface area contributed by atoms with E-state index in [-0.39, 0.29) is 11.6 Å². The number of likely N-dealkylation sites (tertiary alicyclic amines) is 1. The van der Waals surface area contributed by atoms with Crippen LogP contribution in [0.3, 0.4) is 0 Å². The van der Waals surface area contributed by atoms with Crippen LogP contribution in [0.2, 0.25) is 0 Å². The fourth-order valence-corrected chi connectivity index (χ4v) is 3.44. The van der Waals surface area contributed by atoms with Crippen LogP contribution >= 0.6 is 0 Å². The van der Waals surface area contributed by atoms with Crippen LogP contribution in [0.1, 0.15) is 42.6 Å². The summed E-state index contributed by atoms with van der Waals surface area (Å²) in [7, 11) is 0. The largest absolute Gasteiger partial charge is 0.372 e. The number of hydrogen-bond acceptors (Lipinski definition) is 4. The SMILES string of the molecule is N#CC1N(C(=O)c2ccc(F)cn2)CCCC12CCCCO2. The highest BCUT2D eigenvalue weighted by Gasteiger charge is 2.48. The van der Waals surface area contributed by atoms with E-state index < -0.39 is 17.5 Å². The lowest BCUT2D eigenvalue weighted by atomic mass is 9.79. The number of halogens is 1. The summed E-state index contributed by atoms with van der Waals surface area (Å²) in [5, 5.41) is 9.61. The van der Waals surface area contributed by atoms with Gasteiger partial charge in [0.25, 0.3) is 5.91 Å². The Hall–Kier alpha value is -2.00. The molecule has 2 fully saturated rings. The second kappa shape index (κ2) is 6.01. The fraction of sp³-hybridized carbons (Fsp3) is 0.562. The Balaban J connectivity index is 1.87. The molecule has 2 unspecified atom stereocenters. The third-order valence-corrected chi connectivity index (χ3v) is 4.52. The van der Waals surface area contributed by atoms with E-state index >= 15 is 0 Å². The van der Waals surface area contributed by atoms with Crippen LogP contribution in [0.4, 0.5) is 4.39 Å². The molecule has 22 heavy (non-hydrogen) atoms. The van der Waals surface area contributed by atoms with Gasteiger partial charge in [-0.1, -0.05) is 0 Å². The molecule has 1 aromatic heterocycles. The van der Waals surface area contributed by atoms with Gasteiger partial charge in [0, 0.05) is 13.2 Å². The Kier molecular flexibility index (Phi) is 4.08. The summed E-state index contributed by atoms with van der Waals surface area (Å²) >= 11 is 0. The molecule has 6 heteroatoms. The van der Waals surface area contributed by atoms with E-state index in [4.69, 9.17) is 4.74 Å². The molecule has 0 aromatic carbocycles. The highest BCUT2D eigenvalue weighted by Crippen LogP contribution is 2.38. The number of piperidine rings is 1. The predicted molar refractivity (Wildman–Crippen MR) is 76.4 cm³/mol. The van der Waals surface area contributed by atoms with Crippen molar-refractivity contribution >= 4 is 5.91 Å². The van der Waals surface area contributed by atoms with Crippen LogP contribution in [0.25, 0.3) is 0 Å². The van der Waals surface area contributed by atoms with Crippen LogP contribution in [-0.2, 0) is 4.74 Å². The van der Waals surface area contributed by atoms with Gasteiger partial charge < -0.3 is 9.64 Å². The zero-order valence-corrected chi connectivity index (χ0v) is 12.3. The van der Waals surface area contributed by atoms with E-state index in [0.717, 1.165) is 38.3 Å². The number of amides is 1. The average Bonchev–Trinajstić information content (AvgIpc) is 2.55. The Morgan fingerprint density at radius 3 is 2.86 bits per heavy atom. The molecular weight excluding hydrogens is 285 g/mol. The first kappa shape index (κ1) is 14.9. The van der Waals surface area contributed by atoms with E-state index in [2.05, 4.69) is 11.1 Å². The third-order valence-electron chi connectivity index (χ3n) is 4.52. The summed E-state index contributed by atoms with van der Waals surface area (Å²) in [5.41, 5.74) is -0.393. The number of nitriles is 1. The van der Waals surface area contributed by atoms with Gasteiger partial charge in [-0.25, -0.2) is 9.37 Å². The van der Waals surface area contributed by atoms with Crippen molar-refractivity contribution in [1.82, 2.24) is 9.88 Å². The molecule has 1 aromatic rings. The maximum atomic E-state index is 13.0. The minimum Gasteiger partial charge on any atom is -0.372 e. The molecule has 0 bridgehead atoms. The van der Waals surface area contributed by atoms with Gasteiger partial charge in [-0.2, -0.15) is 5.26 Å². The van der Waals surface area contributed by atoms with Gasteiger partial charge in [-0.3, -0.25) is 4.79 Å². The first-order chi connectivity index (χ1) is 10.7. The standard InChI is InChI=1S/C16H18FN3O2/c17-12-4-5-13(19-11-12)15(21)20-8-3-7-16(14(20)10-18)6-1-2-9-22-16/h4-5,11,14H,1-3,6-9H2. The summed E-state index contributed by atoms with van der Waals surface area (Å²) in [5.74, 6) is -0.820. The molecule has 1 spiro atoms. The topological polar surface area (TPSA) is 66.2 Å². The van der Waals surface area contributed by atoms with Crippen LogP contribution in [0.5, 0.6) is 0 Å². The number of aromatic nitrogens is 1. The lowest BCUT2D eigenvalue weighted by Gasteiger charge is -2.48. The Morgan fingerprint density at radius 1 is 1.41 bits per heavy atom. The molecule has 2 saturated heterocycles. The van der Waals surface area contributed by atoms with Crippen molar-refractivity contribution in [2.75, 3.05) is 13.2 Å². The number of pyridine rings is 1. The molecule has 1 amide bonds. The van der Waals surface area contributed by atoms with E-state index in [0.29, 0.717) is 13.2 Å². The van der Waals surface area contributed by atoms with Crippen molar-refractivity contribution in [2.45, 2.75) is 43.7 Å². The zero-order valence-electron chi connectivity index (χ0n) is 12.3. The summed E-state index contributed by atoms with van der Waals surface area (Å²) in [6.45, 7) is 1.14. The third kappa shape index (κ3) is 2.57. The number of carbonyl (C=O) groups excluding carboxylic acids is 1. The van der Waals surface area contributed by atoms with Gasteiger partial charge in [0.1, 0.15) is 23.2 Å². The smallest absolute Gasteiger partial charge is 0.273 e. The lowest BCUT2D eigenvalue weighted by molar-refractivity contribution is -0.128. The van der Waals surface area contributed by atoms with Crippen molar-refractivity contribution in [3.8, 4) is 6.07 Å². The molecule has 3 heterocycles. The second-order valence-electron chi connectivity index (χ2n) is 5.87. The van der Waals surface area contributed by atoms with E-state index in [9.17, 15) is 14.4 Å². The number of carbonyl (C=O) groups is 1. The summed E-state index contributed by atoms with van der Waals surface area (Å²) in [6, 6.07) is 4.21. The van der Waals surface area contributed by atoms with Crippen molar-refractivity contribution in [2.24, 2.45) is 0 Å². The maximum absolute atomic E-state index is 13.0. The predicted octanol–water partition coefficient (Wildman–Crippen LogP) is 2.29. The number of rotatable bonds is 1. The Bertz CT molecular complexity index is 585. The molecular formula is C16H18FN3O2. The molecule has 116 valence electrons. The molecule has 2 atom stereocenters. The van der Waals surface area contributed by atoms with E-state index in [1.54, 1.807) is 0 Å². The van der Waals surface area contributed by atoms with Gasteiger partial charge in [-0.15, -0.1) is 0 Å². The first-order valence-corrected chi connectivity index (χ1v) is 7.62. The van der Waals surface area contributed by atoms with Crippen molar-refractivity contribution in [3.63, 3.8) is 0 Å². The molecule has 2 aliphatic heterocycles. The molecule has 5 nitrogen and oxygen atoms in total. The monoisotopic (exact) mass is 303 g/mol. The molecule has 0 aliphatic carbocycles. The Labute approximate surface area is 128 Å². The summed E-state index contributed by atoms with van der Waals surface area (Å²) < 4.78 is 18.9. The van der Waals surface area contributed by atoms with Crippen LogP contribution < -0.4 is 0 Å². The van der Waals surface area contributed by atoms with Gasteiger partial charge in [0.2, 0.25) is 0 Å². The molecule has 0 saturated carbocycles. The van der Waals surface area contributed by atoms with Crippen molar-refractivity contribution in [3.05, 3.63) is 29.8 Å². The highest BCUT2D eigenvalue weighted by atomic mass is 19.1. The quantitative estimate of drug-likeness (QED) is 0.798. The van der Waals surface area contributed by atoms with E-state index in [1.165, 1.54) is 17.0 Å². The van der Waals surface area contributed by atoms with E-state index in [1.807, 2.05) is 0 Å². The van der Waals surface area contributed by atoms with Crippen molar-refractivity contribution in [1.29, 1.82) is 5.26 Å². The van der Waals surface area contributed by atoms with Crippen LogP contribution in [0.15, 0.2) is 18.3 Å². The zero-order chi connectivity index (χ0) is 15.6. The molecule has 2 aliphatic rings. The van der Waals surface area contributed by atoms with Gasteiger partial charge in [0.15, 0.2) is 0 Å². The molecule has 0 radical (unpaired) electrons. The second-order valence-corrected chi connectivity index (χ2v) is 5.87. The molecule has 3 rings (SSSR count). The minimum absolute atomic E-state index is 0.162. The van der Waals surface area contributed by atoms with Gasteiger partial charge in [0.05, 0.1) is 12.3 Å². The van der Waals surface area contributed by atoms with Gasteiger partial charge in [-0.05, 0) is 44.2 Å².